The van der Waals surface area contributed by atoms with Crippen LogP contribution in [-0.4, -0.2) is 23.5 Å². The van der Waals surface area contributed by atoms with E-state index >= 15 is 0 Å². The molecule has 1 heterocycles. The molecule has 1 saturated heterocycles. The van der Waals surface area contributed by atoms with Gasteiger partial charge < -0.3 is 10.1 Å². The summed E-state index contributed by atoms with van der Waals surface area (Å²) in [5.74, 6) is 3.27. The Morgan fingerprint density at radius 3 is 2.68 bits per heavy atom. The summed E-state index contributed by atoms with van der Waals surface area (Å²) in [5, 5.41) is 2.98. The highest BCUT2D eigenvalue weighted by atomic mass is 32.2. The first-order valence-corrected chi connectivity index (χ1v) is 7.96. The van der Waals surface area contributed by atoms with Crippen LogP contribution < -0.4 is 10.1 Å². The lowest BCUT2D eigenvalue weighted by atomic mass is 10.0. The molecule has 2 rings (SSSR count). The van der Waals surface area contributed by atoms with Crippen molar-refractivity contribution < 1.29 is 9.53 Å². The number of rotatable bonds is 4. The maximum Gasteiger partial charge on any atom is 0.228 e. The van der Waals surface area contributed by atoms with Crippen LogP contribution in [-0.2, 0) is 4.79 Å². The number of amides is 1. The lowest BCUT2D eigenvalue weighted by Gasteiger charge is -2.20. The lowest BCUT2D eigenvalue weighted by molar-refractivity contribution is -0.119. The summed E-state index contributed by atoms with van der Waals surface area (Å²) in [5.41, 5.74) is 0.844. The minimum Gasteiger partial charge on any atom is -0.491 e. The molecular formula is C15H21NO2S. The molecule has 1 aromatic carbocycles. The maximum atomic E-state index is 12.1. The van der Waals surface area contributed by atoms with Crippen molar-refractivity contribution in [3.05, 3.63) is 24.3 Å². The summed E-state index contributed by atoms with van der Waals surface area (Å²) >= 11 is 1.87. The van der Waals surface area contributed by atoms with Gasteiger partial charge in [-0.2, -0.15) is 11.8 Å². The largest absolute Gasteiger partial charge is 0.491 e. The van der Waals surface area contributed by atoms with Crippen molar-refractivity contribution in [2.75, 3.05) is 16.8 Å². The summed E-state index contributed by atoms with van der Waals surface area (Å²) in [6.45, 7) is 3.99. The average molecular weight is 279 g/mol. The second-order valence-corrected chi connectivity index (χ2v) is 6.24. The topological polar surface area (TPSA) is 38.3 Å². The molecule has 19 heavy (non-hydrogen) atoms. The lowest BCUT2D eigenvalue weighted by Crippen LogP contribution is -2.27. The fourth-order valence-electron chi connectivity index (χ4n) is 2.08. The van der Waals surface area contributed by atoms with Crippen molar-refractivity contribution in [2.24, 2.45) is 5.92 Å². The molecule has 1 fully saturated rings. The van der Waals surface area contributed by atoms with Crippen molar-refractivity contribution in [3.8, 4) is 5.75 Å². The van der Waals surface area contributed by atoms with Crippen LogP contribution in [0.4, 0.5) is 5.69 Å². The van der Waals surface area contributed by atoms with Crippen molar-refractivity contribution in [3.63, 3.8) is 0 Å². The minimum atomic E-state index is 0.143. The Labute approximate surface area is 119 Å². The van der Waals surface area contributed by atoms with Crippen molar-refractivity contribution in [1.82, 2.24) is 0 Å². The molecule has 0 aromatic heterocycles. The van der Waals surface area contributed by atoms with Gasteiger partial charge in [-0.25, -0.2) is 0 Å². The van der Waals surface area contributed by atoms with Crippen LogP contribution in [0.3, 0.4) is 0 Å². The predicted octanol–water partition coefficient (Wildman–Crippen LogP) is 3.56. The second kappa shape index (κ2) is 6.85. The monoisotopic (exact) mass is 279 g/mol. The molecule has 1 aliphatic heterocycles. The number of anilines is 1. The Morgan fingerprint density at radius 1 is 1.37 bits per heavy atom. The minimum absolute atomic E-state index is 0.143. The number of thioether (sulfide) groups is 1. The molecule has 1 unspecified atom stereocenters. The molecule has 1 aliphatic rings. The normalized spacial score (nSPS) is 19.2. The second-order valence-electron chi connectivity index (χ2n) is 5.09. The van der Waals surface area contributed by atoms with E-state index in [0.717, 1.165) is 30.0 Å². The van der Waals surface area contributed by atoms with E-state index in [1.807, 2.05) is 49.9 Å². The smallest absolute Gasteiger partial charge is 0.228 e. The van der Waals surface area contributed by atoms with Crippen molar-refractivity contribution >= 4 is 23.4 Å². The van der Waals surface area contributed by atoms with Gasteiger partial charge in [-0.3, -0.25) is 4.79 Å². The van der Waals surface area contributed by atoms with E-state index in [0.29, 0.717) is 0 Å². The van der Waals surface area contributed by atoms with Gasteiger partial charge in [0.25, 0.3) is 0 Å². The fraction of sp³-hybridized carbons (Fsp3) is 0.533. The van der Waals surface area contributed by atoms with E-state index in [-0.39, 0.29) is 17.9 Å². The van der Waals surface area contributed by atoms with E-state index in [1.54, 1.807) is 0 Å². The number of nitrogens with one attached hydrogen (secondary N) is 1. The fourth-order valence-corrected chi connectivity index (χ4v) is 3.22. The predicted molar refractivity (Wildman–Crippen MR) is 80.9 cm³/mol. The highest BCUT2D eigenvalue weighted by Crippen LogP contribution is 2.24. The summed E-state index contributed by atoms with van der Waals surface area (Å²) in [4.78, 5) is 12.1. The quantitative estimate of drug-likeness (QED) is 0.916. The first-order valence-electron chi connectivity index (χ1n) is 6.80. The molecular weight excluding hydrogens is 258 g/mol. The van der Waals surface area contributed by atoms with Gasteiger partial charge in [-0.1, -0.05) is 0 Å². The summed E-state index contributed by atoms with van der Waals surface area (Å²) in [6, 6.07) is 7.58. The maximum absolute atomic E-state index is 12.1. The number of carbonyl (C=O) groups excluding carboxylic acids is 1. The van der Waals surface area contributed by atoms with Crippen LogP contribution >= 0.6 is 11.8 Å². The highest BCUT2D eigenvalue weighted by molar-refractivity contribution is 7.99. The third-order valence-corrected chi connectivity index (χ3v) is 4.24. The van der Waals surface area contributed by atoms with Crippen LogP contribution in [0.5, 0.6) is 5.75 Å². The Hall–Kier alpha value is -1.16. The van der Waals surface area contributed by atoms with E-state index in [9.17, 15) is 4.79 Å². The molecule has 0 saturated carbocycles. The summed E-state index contributed by atoms with van der Waals surface area (Å²) in [7, 11) is 0. The number of hydrogen-bond donors (Lipinski definition) is 1. The van der Waals surface area contributed by atoms with E-state index in [2.05, 4.69) is 5.32 Å². The third-order valence-electron chi connectivity index (χ3n) is 3.02. The van der Waals surface area contributed by atoms with Crippen LogP contribution in [0.2, 0.25) is 0 Å². The number of benzene rings is 1. The molecule has 1 aromatic rings. The molecule has 0 aliphatic carbocycles. The first-order chi connectivity index (χ1) is 9.15. The summed E-state index contributed by atoms with van der Waals surface area (Å²) < 4.78 is 5.57. The zero-order chi connectivity index (χ0) is 13.7. The highest BCUT2D eigenvalue weighted by Gasteiger charge is 2.21. The van der Waals surface area contributed by atoms with Gasteiger partial charge in [-0.15, -0.1) is 0 Å². The first kappa shape index (κ1) is 14.3. The summed E-state index contributed by atoms with van der Waals surface area (Å²) in [6.07, 6.45) is 2.32. The zero-order valence-corrected chi connectivity index (χ0v) is 12.3. The molecule has 0 radical (unpaired) electrons. The number of carbonyl (C=O) groups is 1. The Bertz CT molecular complexity index is 411. The molecule has 1 atom stereocenters. The molecule has 104 valence electrons. The van der Waals surface area contributed by atoms with Gasteiger partial charge in [0.2, 0.25) is 5.91 Å². The van der Waals surface area contributed by atoms with Crippen molar-refractivity contribution in [2.45, 2.75) is 32.8 Å². The zero-order valence-electron chi connectivity index (χ0n) is 11.5. The number of ether oxygens (including phenoxy) is 1. The molecule has 0 bridgehead atoms. The molecule has 1 amide bonds. The van der Waals surface area contributed by atoms with Gasteiger partial charge in [0.15, 0.2) is 0 Å². The van der Waals surface area contributed by atoms with Gasteiger partial charge >= 0.3 is 0 Å². The van der Waals surface area contributed by atoms with E-state index in [1.165, 1.54) is 5.75 Å². The molecule has 1 N–H and O–H groups in total. The standard InChI is InChI=1S/C15H21NO2S/c1-11(2)18-14-7-5-13(6-8-14)16-15(17)12-4-3-9-19-10-12/h5-8,11-12H,3-4,9-10H2,1-2H3,(H,16,17). The molecule has 3 nitrogen and oxygen atoms in total. The molecule has 0 spiro atoms. The van der Waals surface area contributed by atoms with Crippen molar-refractivity contribution in [1.29, 1.82) is 0 Å². The molecule has 4 heteroatoms. The van der Waals surface area contributed by atoms with Gasteiger partial charge in [-0.05, 0) is 56.7 Å². The van der Waals surface area contributed by atoms with E-state index in [4.69, 9.17) is 4.74 Å². The Balaban J connectivity index is 1.89. The third kappa shape index (κ3) is 4.46. The number of hydrogen-bond acceptors (Lipinski definition) is 3. The Kier molecular flexibility index (Phi) is 5.14. The van der Waals surface area contributed by atoms with Gasteiger partial charge in [0.1, 0.15) is 5.75 Å². The van der Waals surface area contributed by atoms with Crippen LogP contribution in [0, 0.1) is 5.92 Å². The Morgan fingerprint density at radius 2 is 2.11 bits per heavy atom. The van der Waals surface area contributed by atoms with Gasteiger partial charge in [0.05, 0.1) is 6.10 Å². The van der Waals surface area contributed by atoms with Crippen LogP contribution in [0.1, 0.15) is 26.7 Å². The SMILES string of the molecule is CC(C)Oc1ccc(NC(=O)C2CCCSC2)cc1. The van der Waals surface area contributed by atoms with Crippen LogP contribution in [0.25, 0.3) is 0 Å². The van der Waals surface area contributed by atoms with E-state index < -0.39 is 0 Å². The average Bonchev–Trinajstić information content (AvgIpc) is 2.41. The van der Waals surface area contributed by atoms with Gasteiger partial charge in [0, 0.05) is 17.4 Å². The van der Waals surface area contributed by atoms with Crippen LogP contribution in [0.15, 0.2) is 24.3 Å².